The van der Waals surface area contributed by atoms with Gasteiger partial charge in [-0.2, -0.15) is 4.98 Å². The van der Waals surface area contributed by atoms with Crippen LogP contribution in [0.25, 0.3) is 11.7 Å². The summed E-state index contributed by atoms with van der Waals surface area (Å²) in [6.45, 7) is -0.551. The van der Waals surface area contributed by atoms with Gasteiger partial charge in [0.1, 0.15) is 27.8 Å². The van der Waals surface area contributed by atoms with Crippen LogP contribution in [0, 0.1) is 0 Å². The second-order valence-corrected chi connectivity index (χ2v) is 7.82. The minimum atomic E-state index is -1.19. The lowest BCUT2D eigenvalue weighted by Crippen LogP contribution is -2.33. The minimum Gasteiger partial charge on any atom is -0.480 e. The normalized spacial score (nSPS) is 15.2. The van der Waals surface area contributed by atoms with Gasteiger partial charge >= 0.3 is 5.97 Å². The lowest BCUT2D eigenvalue weighted by atomic mass is 10.2. The predicted molar refractivity (Wildman–Crippen MR) is 115 cm³/mol. The van der Waals surface area contributed by atoms with E-state index in [4.69, 9.17) is 22.1 Å². The number of aliphatic carboxylic acids is 1. The van der Waals surface area contributed by atoms with Crippen LogP contribution >= 0.6 is 24.0 Å². The highest BCUT2D eigenvalue weighted by atomic mass is 32.2. The maximum Gasteiger partial charge on any atom is 0.323 e. The summed E-state index contributed by atoms with van der Waals surface area (Å²) in [5.41, 5.74) is -0.00239. The molecule has 0 saturated carbocycles. The van der Waals surface area contributed by atoms with E-state index >= 15 is 0 Å². The molecule has 0 atom stereocenters. The monoisotopic (exact) mass is 439 g/mol. The second kappa shape index (κ2) is 8.09. The number of carboxylic acid groups (broad SMARTS) is 1. The number of amides is 1. The highest BCUT2D eigenvalue weighted by Crippen LogP contribution is 2.33. The Hall–Kier alpha value is -3.50. The maximum atomic E-state index is 13.1. The van der Waals surface area contributed by atoms with Gasteiger partial charge in [-0.1, -0.05) is 48.2 Å². The number of pyridine rings is 1. The predicted octanol–water partition coefficient (Wildman–Crippen LogP) is 2.77. The van der Waals surface area contributed by atoms with Crippen LogP contribution < -0.4 is 10.3 Å². The topological polar surface area (TPSA) is 101 Å². The molecule has 0 radical (unpaired) electrons. The van der Waals surface area contributed by atoms with Crippen molar-refractivity contribution in [3.8, 4) is 11.6 Å². The number of carboxylic acids is 1. The Bertz CT molecular complexity index is 1270. The molecule has 30 heavy (non-hydrogen) atoms. The third kappa shape index (κ3) is 3.82. The SMILES string of the molecule is O=C(O)CN1C(=O)/C(=C\c2c(Oc3ccccc3)nc3ccccn3c2=O)SC1=S. The maximum absolute atomic E-state index is 13.1. The van der Waals surface area contributed by atoms with Crippen LogP contribution in [0.15, 0.2) is 64.4 Å². The highest BCUT2D eigenvalue weighted by molar-refractivity contribution is 8.26. The summed E-state index contributed by atoms with van der Waals surface area (Å²) in [7, 11) is 0. The Balaban J connectivity index is 1.84. The molecular formula is C20H13N3O5S2. The van der Waals surface area contributed by atoms with E-state index in [1.165, 1.54) is 10.5 Å². The molecule has 3 aromatic rings. The summed E-state index contributed by atoms with van der Waals surface area (Å²) in [5, 5.41) is 8.99. The average molecular weight is 439 g/mol. The molecule has 0 unspecified atom stereocenters. The molecule has 8 nitrogen and oxygen atoms in total. The fraction of sp³-hybridized carbons (Fsp3) is 0.0500. The van der Waals surface area contributed by atoms with Gasteiger partial charge in [-0.25, -0.2) is 0 Å². The van der Waals surface area contributed by atoms with E-state index in [-0.39, 0.29) is 20.7 Å². The number of ether oxygens (including phenoxy) is 1. The average Bonchev–Trinajstić information content (AvgIpc) is 2.98. The van der Waals surface area contributed by atoms with E-state index in [0.717, 1.165) is 16.7 Å². The Kier molecular flexibility index (Phi) is 5.34. The minimum absolute atomic E-state index is 0.0286. The molecule has 1 aliphatic rings. The summed E-state index contributed by atoms with van der Waals surface area (Å²) in [6.07, 6.45) is 2.90. The van der Waals surface area contributed by atoms with E-state index in [9.17, 15) is 14.4 Å². The number of nitrogens with zero attached hydrogens (tertiary/aromatic N) is 3. The largest absolute Gasteiger partial charge is 0.480 e. The van der Waals surface area contributed by atoms with Crippen LogP contribution in [0.5, 0.6) is 11.6 Å². The summed E-state index contributed by atoms with van der Waals surface area (Å²) >= 11 is 6.03. The number of carbonyl (C=O) groups excluding carboxylic acids is 1. The summed E-state index contributed by atoms with van der Waals surface area (Å²) in [6, 6.07) is 13.9. The Labute approximate surface area is 179 Å². The van der Waals surface area contributed by atoms with Crippen LogP contribution in [-0.2, 0) is 9.59 Å². The van der Waals surface area contributed by atoms with Crippen molar-refractivity contribution >= 4 is 51.9 Å². The molecule has 1 fully saturated rings. The van der Waals surface area contributed by atoms with Crippen molar-refractivity contribution in [2.24, 2.45) is 0 Å². The number of benzene rings is 1. The molecule has 1 aromatic carbocycles. The van der Waals surface area contributed by atoms with Crippen molar-refractivity contribution < 1.29 is 19.4 Å². The van der Waals surface area contributed by atoms with Gasteiger partial charge in [0.05, 0.1) is 4.91 Å². The van der Waals surface area contributed by atoms with Gasteiger partial charge in [0.15, 0.2) is 0 Å². The van der Waals surface area contributed by atoms with Crippen LogP contribution in [0.2, 0.25) is 0 Å². The first-order valence-electron chi connectivity index (χ1n) is 8.65. The zero-order valence-electron chi connectivity index (χ0n) is 15.2. The lowest BCUT2D eigenvalue weighted by molar-refractivity contribution is -0.140. The zero-order valence-corrected chi connectivity index (χ0v) is 16.9. The highest BCUT2D eigenvalue weighted by Gasteiger charge is 2.34. The number of carbonyl (C=O) groups is 2. The summed E-state index contributed by atoms with van der Waals surface area (Å²) in [4.78, 5) is 42.2. The van der Waals surface area contributed by atoms with Crippen LogP contribution in [0.3, 0.4) is 0 Å². The molecule has 10 heteroatoms. The number of thioether (sulfide) groups is 1. The molecule has 1 N–H and O–H groups in total. The molecule has 0 bridgehead atoms. The first kappa shape index (κ1) is 19.8. The molecule has 150 valence electrons. The summed E-state index contributed by atoms with van der Waals surface area (Å²) in [5.74, 6) is -1.28. The first-order chi connectivity index (χ1) is 14.4. The van der Waals surface area contributed by atoms with Crippen molar-refractivity contribution in [3.63, 3.8) is 0 Å². The van der Waals surface area contributed by atoms with Crippen molar-refractivity contribution in [2.45, 2.75) is 0 Å². The van der Waals surface area contributed by atoms with Gasteiger partial charge in [0.2, 0.25) is 5.88 Å². The fourth-order valence-electron chi connectivity index (χ4n) is 2.79. The Morgan fingerprint density at radius 3 is 2.63 bits per heavy atom. The number of para-hydroxylation sites is 1. The zero-order chi connectivity index (χ0) is 21.3. The van der Waals surface area contributed by atoms with Gasteiger partial charge in [-0.05, 0) is 30.3 Å². The number of thiocarbonyl (C=S) groups is 1. The number of hydrogen-bond acceptors (Lipinski definition) is 7. The Morgan fingerprint density at radius 2 is 1.90 bits per heavy atom. The molecule has 0 spiro atoms. The number of rotatable bonds is 5. The lowest BCUT2D eigenvalue weighted by Gasteiger charge is -2.11. The van der Waals surface area contributed by atoms with Gasteiger partial charge in [0.25, 0.3) is 11.5 Å². The molecule has 2 aromatic heterocycles. The van der Waals surface area contributed by atoms with E-state index < -0.39 is 24.0 Å². The van der Waals surface area contributed by atoms with E-state index in [2.05, 4.69) is 4.98 Å². The van der Waals surface area contributed by atoms with Gasteiger partial charge in [-0.15, -0.1) is 0 Å². The summed E-state index contributed by atoms with van der Waals surface area (Å²) < 4.78 is 7.27. The van der Waals surface area contributed by atoms with Crippen molar-refractivity contribution in [3.05, 3.63) is 75.6 Å². The fourth-order valence-corrected chi connectivity index (χ4v) is 4.02. The van der Waals surface area contributed by atoms with Gasteiger partial charge in [-0.3, -0.25) is 23.7 Å². The van der Waals surface area contributed by atoms with Gasteiger partial charge < -0.3 is 9.84 Å². The Morgan fingerprint density at radius 1 is 1.17 bits per heavy atom. The van der Waals surface area contributed by atoms with E-state index in [1.54, 1.807) is 48.7 Å². The van der Waals surface area contributed by atoms with Crippen molar-refractivity contribution in [1.82, 2.24) is 14.3 Å². The second-order valence-electron chi connectivity index (χ2n) is 6.14. The van der Waals surface area contributed by atoms with Crippen molar-refractivity contribution in [2.75, 3.05) is 6.54 Å². The standard InChI is InChI=1S/C20H13N3O5S2/c24-16(25)11-23-19(27)14(30-20(23)29)10-13-17(28-12-6-2-1-3-7-12)21-15-8-4-5-9-22(15)18(13)26/h1-10H,11H2,(H,24,25)/b14-10+. The van der Waals surface area contributed by atoms with E-state index in [1.807, 2.05) is 6.07 Å². The molecule has 1 aliphatic heterocycles. The van der Waals surface area contributed by atoms with Crippen LogP contribution in [-0.4, -0.2) is 42.1 Å². The van der Waals surface area contributed by atoms with Crippen molar-refractivity contribution in [1.29, 1.82) is 0 Å². The van der Waals surface area contributed by atoms with Crippen LogP contribution in [0.1, 0.15) is 5.56 Å². The first-order valence-corrected chi connectivity index (χ1v) is 9.88. The van der Waals surface area contributed by atoms with Crippen LogP contribution in [0.4, 0.5) is 0 Å². The quantitative estimate of drug-likeness (QED) is 0.478. The number of fused-ring (bicyclic) bond motifs is 1. The molecule has 1 amide bonds. The van der Waals surface area contributed by atoms with Gasteiger partial charge in [0, 0.05) is 6.20 Å². The smallest absolute Gasteiger partial charge is 0.323 e. The van der Waals surface area contributed by atoms with E-state index in [0.29, 0.717) is 11.4 Å². The number of hydrogen-bond donors (Lipinski definition) is 1. The molecule has 0 aliphatic carbocycles. The molecule has 4 rings (SSSR count). The third-order valence-electron chi connectivity index (χ3n) is 4.13. The third-order valence-corrected chi connectivity index (χ3v) is 5.51. The molecule has 3 heterocycles. The molecule has 1 saturated heterocycles. The number of aromatic nitrogens is 2. The molecular weight excluding hydrogens is 426 g/mol.